The van der Waals surface area contributed by atoms with E-state index in [1.165, 1.54) is 4.88 Å². The van der Waals surface area contributed by atoms with E-state index in [1.807, 2.05) is 24.3 Å². The second-order valence-electron chi connectivity index (χ2n) is 5.81. The lowest BCUT2D eigenvalue weighted by Gasteiger charge is -2.09. The van der Waals surface area contributed by atoms with Crippen LogP contribution < -0.4 is 15.8 Å². The number of guanidine groups is 1. The molecule has 4 nitrogen and oxygen atoms in total. The first-order valence-electron chi connectivity index (χ1n) is 7.91. The van der Waals surface area contributed by atoms with Crippen LogP contribution >= 0.6 is 35.3 Å². The van der Waals surface area contributed by atoms with Gasteiger partial charge in [0.25, 0.3) is 0 Å². The second kappa shape index (κ2) is 11.3. The Balaban J connectivity index is 0.00000288. The van der Waals surface area contributed by atoms with E-state index in [-0.39, 0.29) is 24.0 Å². The van der Waals surface area contributed by atoms with Gasteiger partial charge in [-0.25, -0.2) is 4.99 Å². The Morgan fingerprint density at radius 3 is 2.62 bits per heavy atom. The van der Waals surface area contributed by atoms with Gasteiger partial charge in [-0.15, -0.1) is 35.3 Å². The largest absolute Gasteiger partial charge is 0.493 e. The van der Waals surface area contributed by atoms with Crippen LogP contribution in [0.15, 0.2) is 46.8 Å². The summed E-state index contributed by atoms with van der Waals surface area (Å²) in [5.41, 5.74) is 7.01. The maximum Gasteiger partial charge on any atom is 0.188 e. The van der Waals surface area contributed by atoms with Gasteiger partial charge < -0.3 is 15.8 Å². The predicted octanol–water partition coefficient (Wildman–Crippen LogP) is 4.05. The van der Waals surface area contributed by atoms with Crippen molar-refractivity contribution in [2.45, 2.75) is 26.8 Å². The predicted molar refractivity (Wildman–Crippen MR) is 114 cm³/mol. The summed E-state index contributed by atoms with van der Waals surface area (Å²) in [5.74, 6) is 1.91. The smallest absolute Gasteiger partial charge is 0.188 e. The highest BCUT2D eigenvalue weighted by molar-refractivity contribution is 14.0. The van der Waals surface area contributed by atoms with Gasteiger partial charge in [-0.1, -0.05) is 32.0 Å². The molecule has 0 amide bonds. The molecule has 2 rings (SSSR count). The first-order valence-corrected chi connectivity index (χ1v) is 8.79. The molecule has 0 saturated carbocycles. The molecule has 3 N–H and O–H groups in total. The molecule has 0 aliphatic carbocycles. The van der Waals surface area contributed by atoms with Crippen LogP contribution in [0.1, 0.15) is 24.3 Å². The van der Waals surface area contributed by atoms with Gasteiger partial charge in [0.2, 0.25) is 0 Å². The summed E-state index contributed by atoms with van der Waals surface area (Å²) in [6, 6.07) is 12.2. The number of nitrogens with zero attached hydrogens (tertiary/aromatic N) is 1. The summed E-state index contributed by atoms with van der Waals surface area (Å²) >= 11 is 1.76. The van der Waals surface area contributed by atoms with E-state index in [0.29, 0.717) is 18.4 Å². The quantitative estimate of drug-likeness (QED) is 0.356. The van der Waals surface area contributed by atoms with Crippen molar-refractivity contribution in [1.82, 2.24) is 5.32 Å². The minimum atomic E-state index is 0. The molecule has 6 heteroatoms. The van der Waals surface area contributed by atoms with Crippen LogP contribution in [0.25, 0.3) is 0 Å². The van der Waals surface area contributed by atoms with Crippen molar-refractivity contribution >= 4 is 41.3 Å². The number of aliphatic imine (C=N–C) groups is 1. The highest BCUT2D eigenvalue weighted by atomic mass is 127. The topological polar surface area (TPSA) is 59.6 Å². The molecule has 2 aromatic rings. The maximum absolute atomic E-state index is 5.89. The number of ether oxygens (including phenoxy) is 1. The molecule has 0 bridgehead atoms. The van der Waals surface area contributed by atoms with Crippen molar-refractivity contribution in [2.75, 3.05) is 13.2 Å². The van der Waals surface area contributed by atoms with Gasteiger partial charge in [-0.2, -0.15) is 0 Å². The van der Waals surface area contributed by atoms with Gasteiger partial charge in [0.05, 0.1) is 13.2 Å². The zero-order valence-corrected chi connectivity index (χ0v) is 17.3. The fraction of sp³-hybridized carbons (Fsp3) is 0.389. The van der Waals surface area contributed by atoms with E-state index < -0.39 is 0 Å². The number of rotatable bonds is 8. The number of hydrogen-bond acceptors (Lipinski definition) is 3. The van der Waals surface area contributed by atoms with Crippen molar-refractivity contribution in [3.63, 3.8) is 0 Å². The van der Waals surface area contributed by atoms with Crippen LogP contribution in [0.2, 0.25) is 0 Å². The molecule has 0 spiro atoms. The van der Waals surface area contributed by atoms with Crippen LogP contribution in [0.4, 0.5) is 0 Å². The zero-order valence-electron chi connectivity index (χ0n) is 14.2. The van der Waals surface area contributed by atoms with Crippen molar-refractivity contribution < 1.29 is 4.74 Å². The molecule has 1 heterocycles. The van der Waals surface area contributed by atoms with E-state index in [1.54, 1.807) is 11.3 Å². The molecule has 0 atom stereocenters. The molecule has 1 aromatic heterocycles. The number of benzene rings is 1. The lowest BCUT2D eigenvalue weighted by molar-refractivity contribution is 0.271. The Morgan fingerprint density at radius 2 is 2.00 bits per heavy atom. The van der Waals surface area contributed by atoms with E-state index in [9.17, 15) is 0 Å². The first-order chi connectivity index (χ1) is 11.1. The monoisotopic (exact) mass is 459 g/mol. The minimum Gasteiger partial charge on any atom is -0.493 e. The Morgan fingerprint density at radius 1 is 1.25 bits per heavy atom. The number of halogens is 1. The molecule has 0 aliphatic rings. The highest BCUT2D eigenvalue weighted by Crippen LogP contribution is 2.13. The van der Waals surface area contributed by atoms with E-state index in [2.05, 4.69) is 41.7 Å². The van der Waals surface area contributed by atoms with E-state index in [4.69, 9.17) is 10.5 Å². The fourth-order valence-corrected chi connectivity index (χ4v) is 2.66. The summed E-state index contributed by atoms with van der Waals surface area (Å²) in [6.45, 7) is 6.38. The molecule has 0 radical (unpaired) electrons. The maximum atomic E-state index is 5.89. The van der Waals surface area contributed by atoms with Crippen molar-refractivity contribution in [3.8, 4) is 5.75 Å². The third-order valence-corrected chi connectivity index (χ3v) is 4.13. The standard InChI is InChI=1S/C18H25N3OS.HI/c1-14(2)13-22-16-7-5-15(6-8-16)12-21-18(19)20-10-9-17-4-3-11-23-17;/h3-8,11,14H,9-10,12-13H2,1-2H3,(H3,19,20,21);1H. The van der Waals surface area contributed by atoms with Crippen molar-refractivity contribution in [2.24, 2.45) is 16.6 Å². The zero-order chi connectivity index (χ0) is 16.5. The SMILES string of the molecule is CC(C)COc1ccc(CN=C(N)NCCc2cccs2)cc1.I. The van der Waals surface area contributed by atoms with E-state index >= 15 is 0 Å². The summed E-state index contributed by atoms with van der Waals surface area (Å²) in [5, 5.41) is 5.23. The Labute approximate surface area is 165 Å². The Hall–Kier alpha value is -1.28. The molecular weight excluding hydrogens is 433 g/mol. The van der Waals surface area contributed by atoms with Crippen LogP contribution in [-0.2, 0) is 13.0 Å². The van der Waals surface area contributed by atoms with Crippen molar-refractivity contribution in [3.05, 3.63) is 52.2 Å². The number of nitrogens with two attached hydrogens (primary N) is 1. The van der Waals surface area contributed by atoms with Crippen LogP contribution in [-0.4, -0.2) is 19.1 Å². The first kappa shape index (κ1) is 20.8. The Kier molecular flexibility index (Phi) is 9.78. The minimum absolute atomic E-state index is 0. The Bertz CT molecular complexity index is 597. The van der Waals surface area contributed by atoms with Crippen LogP contribution in [0.5, 0.6) is 5.75 Å². The lowest BCUT2D eigenvalue weighted by Crippen LogP contribution is -2.33. The molecule has 0 saturated heterocycles. The van der Waals surface area contributed by atoms with Crippen LogP contribution in [0.3, 0.4) is 0 Å². The summed E-state index contributed by atoms with van der Waals surface area (Å²) in [6.07, 6.45) is 0.968. The molecule has 24 heavy (non-hydrogen) atoms. The highest BCUT2D eigenvalue weighted by Gasteiger charge is 1.99. The average Bonchev–Trinajstić information content (AvgIpc) is 3.05. The summed E-state index contributed by atoms with van der Waals surface area (Å²) in [4.78, 5) is 5.71. The molecule has 0 fully saturated rings. The normalized spacial score (nSPS) is 11.2. The number of nitrogens with one attached hydrogen (secondary N) is 1. The van der Waals surface area contributed by atoms with E-state index in [0.717, 1.165) is 30.9 Å². The molecule has 0 unspecified atom stereocenters. The van der Waals surface area contributed by atoms with Gasteiger partial charge in [-0.3, -0.25) is 0 Å². The number of thiophene rings is 1. The fourth-order valence-electron chi connectivity index (χ4n) is 1.95. The molecule has 0 aliphatic heterocycles. The average molecular weight is 459 g/mol. The van der Waals surface area contributed by atoms with Gasteiger partial charge >= 0.3 is 0 Å². The van der Waals surface area contributed by atoms with Gasteiger partial charge in [0.15, 0.2) is 5.96 Å². The van der Waals surface area contributed by atoms with Crippen LogP contribution in [0, 0.1) is 5.92 Å². The van der Waals surface area contributed by atoms with Gasteiger partial charge in [0, 0.05) is 11.4 Å². The third kappa shape index (κ3) is 8.01. The molecule has 1 aromatic carbocycles. The third-order valence-electron chi connectivity index (χ3n) is 3.20. The second-order valence-corrected chi connectivity index (χ2v) is 6.84. The van der Waals surface area contributed by atoms with Crippen molar-refractivity contribution in [1.29, 1.82) is 0 Å². The summed E-state index contributed by atoms with van der Waals surface area (Å²) < 4.78 is 5.66. The van der Waals surface area contributed by atoms with Gasteiger partial charge in [-0.05, 0) is 41.5 Å². The molecular formula is C18H26IN3OS. The summed E-state index contributed by atoms with van der Waals surface area (Å²) in [7, 11) is 0. The van der Waals surface area contributed by atoms with Gasteiger partial charge in [0.1, 0.15) is 5.75 Å². The molecule has 132 valence electrons. The number of hydrogen-bond donors (Lipinski definition) is 2. The lowest BCUT2D eigenvalue weighted by atomic mass is 10.2.